The zero-order valence-electron chi connectivity index (χ0n) is 12.3. The second-order valence-corrected chi connectivity index (χ2v) is 4.92. The first-order valence-electron chi connectivity index (χ1n) is 7.04. The van der Waals surface area contributed by atoms with Gasteiger partial charge in [-0.2, -0.15) is 0 Å². The summed E-state index contributed by atoms with van der Waals surface area (Å²) < 4.78 is 5.43. The van der Waals surface area contributed by atoms with Crippen LogP contribution in [0.2, 0.25) is 0 Å². The maximum Gasteiger partial charge on any atom is 0.279 e. The van der Waals surface area contributed by atoms with Crippen molar-refractivity contribution < 1.29 is 4.74 Å². The lowest BCUT2D eigenvalue weighted by molar-refractivity contribution is 0.0787. The molecule has 0 unspecified atom stereocenters. The van der Waals surface area contributed by atoms with Crippen molar-refractivity contribution in [1.82, 2.24) is 15.2 Å². The highest BCUT2D eigenvalue weighted by Crippen LogP contribution is 2.10. The van der Waals surface area contributed by atoms with Crippen LogP contribution >= 0.6 is 0 Å². The number of hydrogen-bond donors (Lipinski definition) is 2. The highest BCUT2D eigenvalue weighted by atomic mass is 16.5. The Labute approximate surface area is 123 Å². The number of aromatic nitrogens is 3. The summed E-state index contributed by atoms with van der Waals surface area (Å²) in [5, 5.41) is 11.0. The molecule has 0 aliphatic carbocycles. The lowest BCUT2D eigenvalue weighted by Gasteiger charge is -2.08. The number of nitrogens with zero attached hydrogens (tertiary/aromatic N) is 2. The van der Waals surface area contributed by atoms with Crippen molar-refractivity contribution in [2.24, 2.45) is 0 Å². The van der Waals surface area contributed by atoms with Crippen LogP contribution in [0.5, 0.6) is 0 Å². The second-order valence-electron chi connectivity index (χ2n) is 4.92. The van der Waals surface area contributed by atoms with Crippen LogP contribution in [0, 0.1) is 0 Å². The minimum atomic E-state index is -0.253. The molecule has 2 N–H and O–H groups in total. The van der Waals surface area contributed by atoms with Crippen molar-refractivity contribution in [3.8, 4) is 11.3 Å². The van der Waals surface area contributed by atoms with E-state index in [4.69, 9.17) is 4.74 Å². The number of nitrogens with one attached hydrogen (secondary N) is 2. The molecule has 1 heterocycles. The van der Waals surface area contributed by atoms with Gasteiger partial charge in [0.2, 0.25) is 5.95 Å². The number of rotatable bonds is 7. The molecule has 0 fully saturated rings. The summed E-state index contributed by atoms with van der Waals surface area (Å²) in [5.74, 6) is 0.379. The number of aromatic amines is 1. The van der Waals surface area contributed by atoms with Gasteiger partial charge in [-0.15, -0.1) is 10.2 Å². The van der Waals surface area contributed by atoms with Gasteiger partial charge in [0.25, 0.3) is 5.56 Å². The Hall–Kier alpha value is -2.21. The largest absolute Gasteiger partial charge is 0.379 e. The van der Waals surface area contributed by atoms with Crippen LogP contribution in [0.4, 0.5) is 5.95 Å². The molecule has 0 atom stereocenters. The van der Waals surface area contributed by atoms with E-state index >= 15 is 0 Å². The molecule has 0 spiro atoms. The molecule has 6 heteroatoms. The van der Waals surface area contributed by atoms with E-state index in [1.54, 1.807) is 0 Å². The van der Waals surface area contributed by atoms with Gasteiger partial charge in [-0.05, 0) is 20.3 Å². The Bertz CT molecular complexity index is 611. The lowest BCUT2D eigenvalue weighted by atomic mass is 10.2. The van der Waals surface area contributed by atoms with Gasteiger partial charge in [0.15, 0.2) is 5.69 Å². The van der Waals surface area contributed by atoms with Crippen molar-refractivity contribution in [2.75, 3.05) is 18.5 Å². The summed E-state index contributed by atoms with van der Waals surface area (Å²) in [7, 11) is 0. The third kappa shape index (κ3) is 4.68. The first-order chi connectivity index (χ1) is 10.2. The van der Waals surface area contributed by atoms with Crippen molar-refractivity contribution in [2.45, 2.75) is 26.4 Å². The minimum Gasteiger partial charge on any atom is -0.379 e. The van der Waals surface area contributed by atoms with Crippen molar-refractivity contribution in [3.63, 3.8) is 0 Å². The zero-order valence-corrected chi connectivity index (χ0v) is 12.3. The summed E-state index contributed by atoms with van der Waals surface area (Å²) in [6.45, 7) is 5.34. The van der Waals surface area contributed by atoms with Gasteiger partial charge in [0, 0.05) is 18.7 Å². The normalized spacial score (nSPS) is 10.8. The number of H-pyrrole nitrogens is 1. The maximum absolute atomic E-state index is 12.0. The van der Waals surface area contributed by atoms with E-state index in [-0.39, 0.29) is 11.7 Å². The minimum absolute atomic E-state index is 0.231. The van der Waals surface area contributed by atoms with Crippen LogP contribution in [0.3, 0.4) is 0 Å². The average molecular weight is 288 g/mol. The molecule has 0 amide bonds. The molecule has 2 aromatic rings. The van der Waals surface area contributed by atoms with Crippen LogP contribution in [-0.4, -0.2) is 34.4 Å². The first kappa shape index (κ1) is 15.2. The topological polar surface area (TPSA) is 79.9 Å². The molecular formula is C15H20N4O2. The quantitative estimate of drug-likeness (QED) is 0.762. The molecule has 6 nitrogen and oxygen atoms in total. The molecule has 0 saturated carbocycles. The van der Waals surface area contributed by atoms with Gasteiger partial charge >= 0.3 is 0 Å². The molecule has 1 aromatic carbocycles. The van der Waals surface area contributed by atoms with E-state index in [1.807, 2.05) is 44.2 Å². The average Bonchev–Trinajstić information content (AvgIpc) is 2.47. The Morgan fingerprint density at radius 3 is 2.67 bits per heavy atom. The molecule has 112 valence electrons. The predicted molar refractivity (Wildman–Crippen MR) is 82.3 cm³/mol. The summed E-state index contributed by atoms with van der Waals surface area (Å²) in [6, 6.07) is 9.26. The van der Waals surface area contributed by atoms with Gasteiger partial charge in [-0.1, -0.05) is 30.3 Å². The predicted octanol–water partition coefficient (Wildman–Crippen LogP) is 2.06. The highest BCUT2D eigenvalue weighted by Gasteiger charge is 2.06. The highest BCUT2D eigenvalue weighted by molar-refractivity contribution is 5.57. The fourth-order valence-corrected chi connectivity index (χ4v) is 1.80. The Kier molecular flexibility index (Phi) is 5.45. The van der Waals surface area contributed by atoms with Crippen molar-refractivity contribution in [3.05, 3.63) is 40.7 Å². The first-order valence-corrected chi connectivity index (χ1v) is 7.04. The van der Waals surface area contributed by atoms with Crippen LogP contribution in [0.15, 0.2) is 35.1 Å². The molecule has 2 rings (SSSR count). The summed E-state index contributed by atoms with van der Waals surface area (Å²) in [4.78, 5) is 14.7. The molecule has 1 aromatic heterocycles. The SMILES string of the molecule is CC(C)OCCCNc1nnc(-c2ccccc2)c(=O)[nH]1. The van der Waals surface area contributed by atoms with Crippen molar-refractivity contribution >= 4 is 5.95 Å². The maximum atomic E-state index is 12.0. The van der Waals surface area contributed by atoms with Gasteiger partial charge in [0.05, 0.1) is 6.10 Å². The fourth-order valence-electron chi connectivity index (χ4n) is 1.80. The summed E-state index contributed by atoms with van der Waals surface area (Å²) in [6.07, 6.45) is 1.07. The fraction of sp³-hybridized carbons (Fsp3) is 0.400. The molecule has 0 radical (unpaired) electrons. The second kappa shape index (κ2) is 7.54. The van der Waals surface area contributed by atoms with E-state index in [2.05, 4.69) is 20.5 Å². The third-order valence-corrected chi connectivity index (χ3v) is 2.81. The van der Waals surface area contributed by atoms with E-state index in [0.717, 1.165) is 12.0 Å². The van der Waals surface area contributed by atoms with Crippen LogP contribution in [0.25, 0.3) is 11.3 Å². The van der Waals surface area contributed by atoms with Gasteiger partial charge in [0.1, 0.15) is 0 Å². The molecule has 21 heavy (non-hydrogen) atoms. The molecule has 0 aliphatic rings. The van der Waals surface area contributed by atoms with E-state index in [0.29, 0.717) is 24.8 Å². The summed E-state index contributed by atoms with van der Waals surface area (Å²) >= 11 is 0. The van der Waals surface area contributed by atoms with Crippen LogP contribution < -0.4 is 10.9 Å². The molecular weight excluding hydrogens is 268 g/mol. The summed E-state index contributed by atoms with van der Waals surface area (Å²) in [5.41, 5.74) is 0.824. The molecule has 0 bridgehead atoms. The lowest BCUT2D eigenvalue weighted by Crippen LogP contribution is -2.18. The van der Waals surface area contributed by atoms with Gasteiger partial charge in [-0.25, -0.2) is 0 Å². The van der Waals surface area contributed by atoms with Gasteiger partial charge in [-0.3, -0.25) is 9.78 Å². The number of ether oxygens (including phenoxy) is 1. The Morgan fingerprint density at radius 1 is 1.24 bits per heavy atom. The smallest absolute Gasteiger partial charge is 0.279 e. The zero-order chi connectivity index (χ0) is 15.1. The monoisotopic (exact) mass is 288 g/mol. The standard InChI is InChI=1S/C15H20N4O2/c1-11(2)21-10-6-9-16-15-17-14(20)13(18-19-15)12-7-4-3-5-8-12/h3-5,7-8,11H,6,9-10H2,1-2H3,(H2,16,17,19,20). The van der Waals surface area contributed by atoms with E-state index in [1.165, 1.54) is 0 Å². The third-order valence-electron chi connectivity index (χ3n) is 2.81. The van der Waals surface area contributed by atoms with Crippen LogP contribution in [-0.2, 0) is 4.74 Å². The molecule has 0 saturated heterocycles. The Balaban J connectivity index is 1.92. The number of hydrogen-bond acceptors (Lipinski definition) is 5. The van der Waals surface area contributed by atoms with E-state index in [9.17, 15) is 4.79 Å². The number of anilines is 1. The number of benzene rings is 1. The van der Waals surface area contributed by atoms with Gasteiger partial charge < -0.3 is 10.1 Å². The van der Waals surface area contributed by atoms with Crippen molar-refractivity contribution in [1.29, 1.82) is 0 Å². The van der Waals surface area contributed by atoms with E-state index < -0.39 is 0 Å². The molecule has 0 aliphatic heterocycles. The van der Waals surface area contributed by atoms with Crippen LogP contribution in [0.1, 0.15) is 20.3 Å². The Morgan fingerprint density at radius 2 is 2.00 bits per heavy atom.